The number of hydrogen-bond donors (Lipinski definition) is 0. The SMILES string of the molecule is O=c1c(-c2ccc(C(F)(F)F)cc2)c(N2CCN(S(=O)(=O)Cc3ccccc3)CC2)cnn1-c1cc(F)cc(F)c1. The lowest BCUT2D eigenvalue weighted by Crippen LogP contribution is -2.49. The Labute approximate surface area is 232 Å². The standard InChI is InChI=1S/C28H23F5N4O3S/c29-22-14-23(30)16-24(15-22)37-27(38)26(20-6-8-21(9-7-20)28(31,32)33)25(17-34-37)35-10-12-36(13-11-35)41(39,40)18-19-4-2-1-3-5-19/h1-9,14-17H,10-13,18H2. The molecular formula is C28H23F5N4O3S. The molecule has 0 unspecified atom stereocenters. The van der Waals surface area contributed by atoms with Crippen molar-refractivity contribution in [2.75, 3.05) is 31.1 Å². The van der Waals surface area contributed by atoms with Gasteiger partial charge in [0.25, 0.3) is 5.56 Å². The molecule has 4 aromatic rings. The Balaban J connectivity index is 1.50. The minimum Gasteiger partial charge on any atom is -0.367 e. The summed E-state index contributed by atoms with van der Waals surface area (Å²) in [6.07, 6.45) is -3.31. The maximum absolute atomic E-state index is 13.9. The monoisotopic (exact) mass is 590 g/mol. The van der Waals surface area contributed by atoms with Gasteiger partial charge in [-0.05, 0) is 35.4 Å². The van der Waals surface area contributed by atoms with Crippen LogP contribution in [0.2, 0.25) is 0 Å². The second-order valence-corrected chi connectivity index (χ2v) is 11.4. The van der Waals surface area contributed by atoms with Gasteiger partial charge < -0.3 is 4.90 Å². The highest BCUT2D eigenvalue weighted by Gasteiger charge is 2.32. The highest BCUT2D eigenvalue weighted by atomic mass is 32.2. The van der Waals surface area contributed by atoms with Crippen LogP contribution in [0.3, 0.4) is 0 Å². The van der Waals surface area contributed by atoms with Gasteiger partial charge >= 0.3 is 6.18 Å². The summed E-state index contributed by atoms with van der Waals surface area (Å²) in [6.45, 7) is 0.530. The molecule has 1 fully saturated rings. The molecule has 41 heavy (non-hydrogen) atoms. The lowest BCUT2D eigenvalue weighted by molar-refractivity contribution is -0.137. The van der Waals surface area contributed by atoms with Gasteiger partial charge in [-0.15, -0.1) is 0 Å². The largest absolute Gasteiger partial charge is 0.416 e. The van der Waals surface area contributed by atoms with Crippen LogP contribution in [0.4, 0.5) is 27.6 Å². The van der Waals surface area contributed by atoms with E-state index < -0.39 is 39.0 Å². The predicted molar refractivity (Wildman–Crippen MR) is 143 cm³/mol. The molecular weight excluding hydrogens is 567 g/mol. The minimum absolute atomic E-state index is 0.0426. The van der Waals surface area contributed by atoms with Crippen molar-refractivity contribution in [1.82, 2.24) is 14.1 Å². The second kappa shape index (κ2) is 11.1. The molecule has 2 heterocycles. The maximum atomic E-state index is 13.9. The molecule has 0 bridgehead atoms. The van der Waals surface area contributed by atoms with Crippen molar-refractivity contribution in [2.24, 2.45) is 0 Å². The quantitative estimate of drug-likeness (QED) is 0.301. The Morgan fingerprint density at radius 3 is 2.02 bits per heavy atom. The van der Waals surface area contributed by atoms with Crippen LogP contribution >= 0.6 is 0 Å². The van der Waals surface area contributed by atoms with Gasteiger partial charge in [0.05, 0.1) is 34.5 Å². The molecule has 0 aliphatic carbocycles. The van der Waals surface area contributed by atoms with Gasteiger partial charge in [-0.2, -0.15) is 27.3 Å². The topological polar surface area (TPSA) is 75.5 Å². The highest BCUT2D eigenvalue weighted by Crippen LogP contribution is 2.33. The lowest BCUT2D eigenvalue weighted by Gasteiger charge is -2.36. The zero-order valence-electron chi connectivity index (χ0n) is 21.4. The molecule has 214 valence electrons. The van der Waals surface area contributed by atoms with Crippen molar-refractivity contribution in [1.29, 1.82) is 0 Å². The zero-order chi connectivity index (χ0) is 29.4. The number of halogens is 5. The first-order valence-corrected chi connectivity index (χ1v) is 14.1. The van der Waals surface area contributed by atoms with Crippen LogP contribution in [0.1, 0.15) is 11.1 Å². The summed E-state index contributed by atoms with van der Waals surface area (Å²) in [7, 11) is -3.63. The van der Waals surface area contributed by atoms with Gasteiger partial charge in [-0.25, -0.2) is 17.2 Å². The normalized spacial score (nSPS) is 14.8. The Morgan fingerprint density at radius 2 is 1.44 bits per heavy atom. The lowest BCUT2D eigenvalue weighted by atomic mass is 10.0. The van der Waals surface area contributed by atoms with E-state index in [4.69, 9.17) is 0 Å². The van der Waals surface area contributed by atoms with Crippen molar-refractivity contribution in [3.63, 3.8) is 0 Å². The number of aromatic nitrogens is 2. The molecule has 1 aliphatic heterocycles. The first kappa shape index (κ1) is 28.4. The van der Waals surface area contributed by atoms with Crippen molar-refractivity contribution in [3.05, 3.63) is 112 Å². The van der Waals surface area contributed by atoms with Crippen molar-refractivity contribution in [2.45, 2.75) is 11.9 Å². The van der Waals surface area contributed by atoms with E-state index in [0.717, 1.165) is 41.1 Å². The first-order chi connectivity index (χ1) is 19.4. The predicted octanol–water partition coefficient (Wildman–Crippen LogP) is 4.85. The van der Waals surface area contributed by atoms with Crippen LogP contribution in [0.5, 0.6) is 0 Å². The molecule has 7 nitrogen and oxygen atoms in total. The van der Waals surface area contributed by atoms with E-state index in [1.54, 1.807) is 35.2 Å². The van der Waals surface area contributed by atoms with Crippen molar-refractivity contribution >= 4 is 15.7 Å². The summed E-state index contributed by atoms with van der Waals surface area (Å²) in [5, 5.41) is 4.09. The summed E-state index contributed by atoms with van der Waals surface area (Å²) in [5.41, 5.74) is -0.953. The van der Waals surface area contributed by atoms with E-state index >= 15 is 0 Å². The van der Waals surface area contributed by atoms with Gasteiger partial charge in [0.2, 0.25) is 10.0 Å². The third kappa shape index (κ3) is 6.15. The molecule has 0 saturated carbocycles. The van der Waals surface area contributed by atoms with Crippen LogP contribution in [0.15, 0.2) is 83.8 Å². The van der Waals surface area contributed by atoms with Gasteiger partial charge in [0, 0.05) is 32.2 Å². The Kier molecular flexibility index (Phi) is 7.66. The smallest absolute Gasteiger partial charge is 0.367 e. The van der Waals surface area contributed by atoms with Crippen LogP contribution in [0.25, 0.3) is 16.8 Å². The third-order valence-corrected chi connectivity index (χ3v) is 8.57. The molecule has 0 spiro atoms. The number of nitrogens with zero attached hydrogens (tertiary/aromatic N) is 4. The van der Waals surface area contributed by atoms with E-state index in [0.29, 0.717) is 11.6 Å². The van der Waals surface area contributed by atoms with Crippen LogP contribution in [-0.4, -0.2) is 48.7 Å². The summed E-state index contributed by atoms with van der Waals surface area (Å²) in [4.78, 5) is 15.4. The van der Waals surface area contributed by atoms with Crippen LogP contribution < -0.4 is 10.5 Å². The number of piperazine rings is 1. The summed E-state index contributed by atoms with van der Waals surface area (Å²) >= 11 is 0. The first-order valence-electron chi connectivity index (χ1n) is 12.5. The van der Waals surface area contributed by atoms with Crippen molar-refractivity contribution < 1.29 is 30.4 Å². The van der Waals surface area contributed by atoms with E-state index in [2.05, 4.69) is 5.10 Å². The average molecular weight is 591 g/mol. The molecule has 1 aromatic heterocycles. The Hall–Kier alpha value is -4.10. The van der Waals surface area contributed by atoms with Gasteiger partial charge in [0.1, 0.15) is 11.6 Å². The number of anilines is 1. The van der Waals surface area contributed by atoms with E-state index in [9.17, 15) is 35.2 Å². The second-order valence-electron chi connectivity index (χ2n) is 9.45. The fourth-order valence-electron chi connectivity index (χ4n) is 4.71. The number of hydrogen-bond acceptors (Lipinski definition) is 5. The van der Waals surface area contributed by atoms with Crippen LogP contribution in [-0.2, 0) is 22.0 Å². The molecule has 0 radical (unpaired) electrons. The fraction of sp³-hybridized carbons (Fsp3) is 0.214. The Morgan fingerprint density at radius 1 is 0.829 bits per heavy atom. The molecule has 13 heteroatoms. The molecule has 1 saturated heterocycles. The average Bonchev–Trinajstić information content (AvgIpc) is 2.92. The van der Waals surface area contributed by atoms with E-state index in [1.165, 1.54) is 10.5 Å². The minimum atomic E-state index is -4.60. The molecule has 3 aromatic carbocycles. The van der Waals surface area contributed by atoms with E-state index in [-0.39, 0.29) is 54.4 Å². The number of alkyl halides is 3. The summed E-state index contributed by atoms with van der Waals surface area (Å²) < 4.78 is 95.5. The fourth-order valence-corrected chi connectivity index (χ4v) is 6.23. The number of sulfonamides is 1. The van der Waals surface area contributed by atoms with Gasteiger partial charge in [-0.3, -0.25) is 4.79 Å². The maximum Gasteiger partial charge on any atom is 0.416 e. The summed E-state index contributed by atoms with van der Waals surface area (Å²) in [5.74, 6) is -2.06. The number of benzene rings is 3. The van der Waals surface area contributed by atoms with Gasteiger partial charge in [0.15, 0.2) is 0 Å². The summed E-state index contributed by atoms with van der Waals surface area (Å²) in [6, 6.07) is 15.1. The molecule has 1 aliphatic rings. The number of rotatable bonds is 6. The molecule has 0 N–H and O–H groups in total. The zero-order valence-corrected chi connectivity index (χ0v) is 22.2. The molecule has 0 atom stereocenters. The van der Waals surface area contributed by atoms with Crippen molar-refractivity contribution in [3.8, 4) is 16.8 Å². The van der Waals surface area contributed by atoms with E-state index in [1.807, 2.05) is 0 Å². The highest BCUT2D eigenvalue weighted by molar-refractivity contribution is 7.88. The molecule has 0 amide bonds. The molecule has 5 rings (SSSR count). The third-order valence-electron chi connectivity index (χ3n) is 6.72. The van der Waals surface area contributed by atoms with Crippen LogP contribution in [0, 0.1) is 11.6 Å². The van der Waals surface area contributed by atoms with Gasteiger partial charge in [-0.1, -0.05) is 42.5 Å². The Bertz CT molecular complexity index is 1700.